The lowest BCUT2D eigenvalue weighted by Crippen LogP contribution is -2.17. The van der Waals surface area contributed by atoms with Gasteiger partial charge in [0.15, 0.2) is 21.6 Å². The van der Waals surface area contributed by atoms with Crippen LogP contribution in [0.2, 0.25) is 0 Å². The highest BCUT2D eigenvalue weighted by molar-refractivity contribution is 8.22. The molecule has 0 unspecified atom stereocenters. The number of nitrogens with zero attached hydrogens (tertiary/aromatic N) is 2. The normalized spacial score (nSPS) is 11.4. The summed E-state index contributed by atoms with van der Waals surface area (Å²) in [4.78, 5) is 4.40. The summed E-state index contributed by atoms with van der Waals surface area (Å²) in [5.41, 5.74) is 1.30. The molecule has 1 aromatic heterocycles. The highest BCUT2D eigenvalue weighted by atomic mass is 32.2. The van der Waals surface area contributed by atoms with Crippen molar-refractivity contribution in [2.45, 2.75) is 10.6 Å². The van der Waals surface area contributed by atoms with Crippen LogP contribution in [-0.2, 0) is 15.8 Å². The summed E-state index contributed by atoms with van der Waals surface area (Å²) >= 11 is 6.16. The maximum atomic E-state index is 14.3. The lowest BCUT2D eigenvalue weighted by Gasteiger charge is -2.08. The van der Waals surface area contributed by atoms with E-state index in [1.807, 2.05) is 0 Å². The fraction of sp³-hybridized carbons (Fsp3) is 0.158. The number of aromatic nitrogens is 1. The summed E-state index contributed by atoms with van der Waals surface area (Å²) in [6, 6.07) is 10.1. The second kappa shape index (κ2) is 9.32. The number of methoxy groups -OCH3 is 1. The Bertz CT molecular complexity index is 1210. The monoisotopic (exact) mass is 483 g/mol. The highest BCUT2D eigenvalue weighted by Crippen LogP contribution is 2.35. The molecule has 0 atom stereocenters. The Hall–Kier alpha value is -2.51. The highest BCUT2D eigenvalue weighted by Gasteiger charge is 2.20. The summed E-state index contributed by atoms with van der Waals surface area (Å²) in [7, 11) is -1.09. The van der Waals surface area contributed by atoms with Gasteiger partial charge in [-0.3, -0.25) is 5.21 Å². The molecule has 0 fully saturated rings. The minimum absolute atomic E-state index is 0.0556. The Morgan fingerprint density at radius 1 is 1.29 bits per heavy atom. The van der Waals surface area contributed by atoms with Gasteiger partial charge < -0.3 is 9.15 Å². The minimum atomic E-state index is -3.85. The number of primary sulfonamides is 1. The molecule has 1 heterocycles. The number of nitrogens with two attached hydrogens (primary N) is 1. The van der Waals surface area contributed by atoms with Crippen LogP contribution in [-0.4, -0.2) is 42.2 Å². The second-order valence-electron chi connectivity index (χ2n) is 6.28. The largest absolute Gasteiger partial charge is 0.494 e. The predicted octanol–water partition coefficient (Wildman–Crippen LogP) is 3.64. The molecule has 31 heavy (non-hydrogen) atoms. The van der Waals surface area contributed by atoms with Crippen molar-refractivity contribution in [2.75, 3.05) is 14.2 Å². The zero-order valence-corrected chi connectivity index (χ0v) is 18.9. The first-order chi connectivity index (χ1) is 14.6. The van der Waals surface area contributed by atoms with Gasteiger partial charge in [0.2, 0.25) is 15.9 Å². The van der Waals surface area contributed by atoms with Crippen molar-refractivity contribution in [2.24, 2.45) is 5.14 Å². The molecule has 0 aliphatic rings. The Balaban J connectivity index is 2.05. The summed E-state index contributed by atoms with van der Waals surface area (Å²) < 4.78 is 48.4. The molecule has 8 nitrogen and oxygen atoms in total. The van der Waals surface area contributed by atoms with E-state index in [0.29, 0.717) is 22.6 Å². The summed E-state index contributed by atoms with van der Waals surface area (Å²) in [5, 5.41) is 15.3. The van der Waals surface area contributed by atoms with Crippen molar-refractivity contribution >= 4 is 38.3 Å². The number of thiocarbonyl (C=S) groups is 1. The number of rotatable bonds is 6. The average Bonchev–Trinajstić information content (AvgIpc) is 3.15. The molecular formula is C19H18FN3O5S3. The van der Waals surface area contributed by atoms with Gasteiger partial charge in [0.1, 0.15) is 5.69 Å². The van der Waals surface area contributed by atoms with Crippen molar-refractivity contribution < 1.29 is 27.2 Å². The second-order valence-corrected chi connectivity index (χ2v) is 9.45. The summed E-state index contributed by atoms with van der Waals surface area (Å²) in [5.74, 6) is 0.316. The van der Waals surface area contributed by atoms with Gasteiger partial charge >= 0.3 is 0 Å². The molecule has 12 heteroatoms. The Morgan fingerprint density at radius 3 is 2.48 bits per heavy atom. The third kappa shape index (κ3) is 5.40. The zero-order chi connectivity index (χ0) is 22.8. The first-order valence-corrected chi connectivity index (χ1v) is 11.6. The van der Waals surface area contributed by atoms with E-state index in [4.69, 9.17) is 26.5 Å². The SMILES string of the molecule is COc1ccc(-c2nc(CSC(=S)N(C)O)oc2-c2ccc(S(N)(=O)=O)cc2)cc1F. The molecule has 0 aliphatic carbocycles. The molecular weight excluding hydrogens is 465 g/mol. The van der Waals surface area contributed by atoms with E-state index in [-0.39, 0.29) is 26.6 Å². The van der Waals surface area contributed by atoms with Crippen LogP contribution in [0, 0.1) is 5.82 Å². The summed E-state index contributed by atoms with van der Waals surface area (Å²) in [6.07, 6.45) is 0. The number of hydrogen-bond donors (Lipinski definition) is 2. The molecule has 0 aliphatic heterocycles. The fourth-order valence-corrected chi connectivity index (χ4v) is 3.89. The van der Waals surface area contributed by atoms with Crippen LogP contribution in [0.4, 0.5) is 4.39 Å². The van der Waals surface area contributed by atoms with Crippen LogP contribution >= 0.6 is 24.0 Å². The van der Waals surface area contributed by atoms with Crippen molar-refractivity contribution in [1.29, 1.82) is 0 Å². The van der Waals surface area contributed by atoms with E-state index in [9.17, 15) is 18.0 Å². The molecule has 0 saturated carbocycles. The molecule has 0 radical (unpaired) electrons. The van der Waals surface area contributed by atoms with Gasteiger partial charge in [-0.05, 0) is 42.5 Å². The van der Waals surface area contributed by atoms with Crippen LogP contribution in [0.3, 0.4) is 0 Å². The smallest absolute Gasteiger partial charge is 0.238 e. The number of benzene rings is 2. The lowest BCUT2D eigenvalue weighted by molar-refractivity contribution is 0.0205. The number of hydrogen-bond acceptors (Lipinski definition) is 8. The van der Waals surface area contributed by atoms with E-state index >= 15 is 0 Å². The van der Waals surface area contributed by atoms with E-state index < -0.39 is 15.8 Å². The van der Waals surface area contributed by atoms with Gasteiger partial charge in [0, 0.05) is 18.2 Å². The molecule has 3 aromatic rings. The van der Waals surface area contributed by atoms with E-state index in [0.717, 1.165) is 16.8 Å². The first kappa shape index (κ1) is 23.2. The Labute approximate surface area is 187 Å². The number of sulfonamides is 1. The molecule has 0 bridgehead atoms. The van der Waals surface area contributed by atoms with E-state index in [1.54, 1.807) is 6.07 Å². The first-order valence-electron chi connectivity index (χ1n) is 8.66. The Morgan fingerprint density at radius 2 is 1.94 bits per heavy atom. The van der Waals surface area contributed by atoms with Gasteiger partial charge in [0.05, 0.1) is 17.8 Å². The quantitative estimate of drug-likeness (QED) is 0.400. The molecule has 2 aromatic carbocycles. The van der Waals surface area contributed by atoms with Crippen molar-refractivity contribution in [3.63, 3.8) is 0 Å². The summed E-state index contributed by atoms with van der Waals surface area (Å²) in [6.45, 7) is 0. The van der Waals surface area contributed by atoms with Crippen LogP contribution in [0.5, 0.6) is 5.75 Å². The maximum Gasteiger partial charge on any atom is 0.238 e. The number of halogens is 1. The van der Waals surface area contributed by atoms with Crippen LogP contribution in [0.25, 0.3) is 22.6 Å². The molecule has 3 rings (SSSR count). The number of hydroxylamine groups is 2. The van der Waals surface area contributed by atoms with Crippen LogP contribution in [0.1, 0.15) is 5.89 Å². The standard InChI is InChI=1S/C19H18FN3O5S3/c1-23(24)19(29)30-10-16-22-17(12-5-8-15(27-2)14(20)9-12)18(28-16)11-3-6-13(7-4-11)31(21,25)26/h3-9,24H,10H2,1-2H3,(H2,21,25,26). The Kier molecular flexibility index (Phi) is 6.96. The maximum absolute atomic E-state index is 14.3. The topological polar surface area (TPSA) is 119 Å². The molecule has 0 saturated heterocycles. The van der Waals surface area contributed by atoms with Gasteiger partial charge in [0.25, 0.3) is 0 Å². The van der Waals surface area contributed by atoms with Crippen molar-refractivity contribution in [3.05, 3.63) is 54.2 Å². The third-order valence-corrected chi connectivity index (χ3v) is 6.57. The van der Waals surface area contributed by atoms with Crippen LogP contribution < -0.4 is 9.88 Å². The molecule has 0 spiro atoms. The van der Waals surface area contributed by atoms with Crippen LogP contribution in [0.15, 0.2) is 51.8 Å². The predicted molar refractivity (Wildman–Crippen MR) is 119 cm³/mol. The lowest BCUT2D eigenvalue weighted by atomic mass is 10.1. The average molecular weight is 484 g/mol. The molecule has 164 valence electrons. The van der Waals surface area contributed by atoms with Crippen molar-refractivity contribution in [3.8, 4) is 28.3 Å². The number of oxazole rings is 1. The molecule has 3 N–H and O–H groups in total. The molecule has 0 amide bonds. The van der Waals surface area contributed by atoms with Gasteiger partial charge in [-0.1, -0.05) is 24.0 Å². The van der Waals surface area contributed by atoms with Gasteiger partial charge in [-0.25, -0.2) is 28.0 Å². The zero-order valence-electron chi connectivity index (χ0n) is 16.4. The third-order valence-electron chi connectivity index (χ3n) is 4.13. The fourth-order valence-electron chi connectivity index (χ4n) is 2.64. The minimum Gasteiger partial charge on any atom is -0.494 e. The van der Waals surface area contributed by atoms with Gasteiger partial charge in [-0.15, -0.1) is 0 Å². The number of ether oxygens (including phenoxy) is 1. The van der Waals surface area contributed by atoms with Gasteiger partial charge in [-0.2, -0.15) is 0 Å². The van der Waals surface area contributed by atoms with Crippen molar-refractivity contribution in [1.82, 2.24) is 10.0 Å². The number of thioether (sulfide) groups is 1. The van der Waals surface area contributed by atoms with E-state index in [2.05, 4.69) is 4.98 Å². The van der Waals surface area contributed by atoms with E-state index in [1.165, 1.54) is 50.6 Å².